The van der Waals surface area contributed by atoms with Crippen molar-refractivity contribution in [1.82, 2.24) is 0 Å². The van der Waals surface area contributed by atoms with Crippen molar-refractivity contribution < 1.29 is 23.6 Å². The molecule has 134 valence electrons. The van der Waals surface area contributed by atoms with E-state index in [0.717, 1.165) is 31.7 Å². The van der Waals surface area contributed by atoms with Crippen LogP contribution in [0.4, 0.5) is 14.5 Å². The van der Waals surface area contributed by atoms with Crippen LogP contribution in [0.3, 0.4) is 0 Å². The molecule has 1 aliphatic carbocycles. The van der Waals surface area contributed by atoms with Crippen LogP contribution < -0.4 is 10.8 Å². The van der Waals surface area contributed by atoms with Crippen LogP contribution in [-0.2, 0) is 10.2 Å². The average molecular weight is 357 g/mol. The molecule has 0 radical (unpaired) electrons. The molecule has 0 aromatic heterocycles. The Hall–Kier alpha value is -2.25. The molecule has 2 aliphatic rings. The summed E-state index contributed by atoms with van der Waals surface area (Å²) in [6.07, 6.45) is 3.59. The van der Waals surface area contributed by atoms with Gasteiger partial charge in [-0.2, -0.15) is 0 Å². The third-order valence-corrected chi connectivity index (χ3v) is 5.75. The topological polar surface area (TPSA) is 69.6 Å². The van der Waals surface area contributed by atoms with E-state index in [2.05, 4.69) is 5.32 Å². The van der Waals surface area contributed by atoms with E-state index in [1.807, 2.05) is 0 Å². The van der Waals surface area contributed by atoms with Gasteiger partial charge in [0.15, 0.2) is 11.6 Å². The Balaban J connectivity index is 1.94. The Morgan fingerprint density at radius 2 is 1.69 bits per heavy atom. The highest BCUT2D eigenvalue weighted by Crippen LogP contribution is 2.53. The first kappa shape index (κ1) is 17.2. The fourth-order valence-corrected chi connectivity index (χ4v) is 4.54. The fourth-order valence-electron chi connectivity index (χ4n) is 4.54. The molecule has 0 unspecified atom stereocenters. The van der Waals surface area contributed by atoms with E-state index in [-0.39, 0.29) is 17.5 Å². The lowest BCUT2D eigenvalue weighted by atomic mass is 9.65. The van der Waals surface area contributed by atoms with Crippen molar-refractivity contribution in [1.29, 1.82) is 0 Å². The van der Waals surface area contributed by atoms with Crippen molar-refractivity contribution >= 4 is 24.2 Å². The van der Waals surface area contributed by atoms with Gasteiger partial charge < -0.3 is 15.4 Å². The van der Waals surface area contributed by atoms with Gasteiger partial charge in [-0.15, -0.1) is 0 Å². The summed E-state index contributed by atoms with van der Waals surface area (Å²) >= 11 is 0. The van der Waals surface area contributed by atoms with E-state index in [1.165, 1.54) is 6.07 Å². The van der Waals surface area contributed by atoms with Crippen molar-refractivity contribution in [3.05, 3.63) is 59.2 Å². The minimum Gasteiger partial charge on any atom is -0.423 e. The average Bonchev–Trinajstić information content (AvgIpc) is 3.25. The second-order valence-electron chi connectivity index (χ2n) is 7.02. The first-order valence-corrected chi connectivity index (χ1v) is 8.72. The molecule has 2 aromatic carbocycles. The Labute approximate surface area is 150 Å². The van der Waals surface area contributed by atoms with Crippen LogP contribution in [0.1, 0.15) is 36.8 Å². The number of rotatable bonds is 3. The number of halogens is 2. The van der Waals surface area contributed by atoms with Crippen molar-refractivity contribution in [3.63, 3.8) is 0 Å². The Bertz CT molecular complexity index is 866. The number of amides is 1. The molecule has 1 atom stereocenters. The summed E-state index contributed by atoms with van der Waals surface area (Å²) in [4.78, 5) is 13.1. The summed E-state index contributed by atoms with van der Waals surface area (Å²) < 4.78 is 28.0. The molecule has 1 fully saturated rings. The SMILES string of the molecule is O=C1Nc2c(ccc(F)c2F)[C@]1(c1ccc(B(O)O)cc1)C1CCCC1. The van der Waals surface area contributed by atoms with Crippen LogP contribution in [-0.4, -0.2) is 23.1 Å². The largest absolute Gasteiger partial charge is 0.488 e. The van der Waals surface area contributed by atoms with E-state index in [0.29, 0.717) is 16.6 Å². The van der Waals surface area contributed by atoms with Crippen molar-refractivity contribution in [3.8, 4) is 0 Å². The molecule has 2 aromatic rings. The van der Waals surface area contributed by atoms with E-state index < -0.39 is 24.2 Å². The zero-order valence-electron chi connectivity index (χ0n) is 14.0. The van der Waals surface area contributed by atoms with Gasteiger partial charge in [0.1, 0.15) is 5.41 Å². The van der Waals surface area contributed by atoms with Crippen molar-refractivity contribution in [2.75, 3.05) is 5.32 Å². The van der Waals surface area contributed by atoms with E-state index in [9.17, 15) is 23.6 Å². The van der Waals surface area contributed by atoms with Gasteiger partial charge in [0, 0.05) is 0 Å². The third-order valence-electron chi connectivity index (χ3n) is 5.75. The maximum absolute atomic E-state index is 14.3. The molecule has 4 rings (SSSR count). The smallest absolute Gasteiger partial charge is 0.423 e. The Morgan fingerprint density at radius 3 is 2.31 bits per heavy atom. The molecule has 26 heavy (non-hydrogen) atoms. The Morgan fingerprint density at radius 1 is 1.04 bits per heavy atom. The number of nitrogens with one attached hydrogen (secondary N) is 1. The monoisotopic (exact) mass is 357 g/mol. The molecule has 0 bridgehead atoms. The number of fused-ring (bicyclic) bond motifs is 1. The maximum atomic E-state index is 14.3. The van der Waals surface area contributed by atoms with Gasteiger partial charge in [-0.05, 0) is 41.4 Å². The summed E-state index contributed by atoms with van der Waals surface area (Å²) in [5.74, 6) is -2.43. The van der Waals surface area contributed by atoms with Crippen LogP contribution in [0.15, 0.2) is 36.4 Å². The summed E-state index contributed by atoms with van der Waals surface area (Å²) in [5.41, 5.74) is 0.216. The van der Waals surface area contributed by atoms with Gasteiger partial charge in [0.25, 0.3) is 0 Å². The van der Waals surface area contributed by atoms with Crippen LogP contribution in [0, 0.1) is 17.6 Å². The predicted octanol–water partition coefficient (Wildman–Crippen LogP) is 2.07. The van der Waals surface area contributed by atoms with E-state index >= 15 is 0 Å². The lowest BCUT2D eigenvalue weighted by molar-refractivity contribution is -0.121. The fraction of sp³-hybridized carbons (Fsp3) is 0.316. The van der Waals surface area contributed by atoms with Crippen LogP contribution in [0.5, 0.6) is 0 Å². The minimum atomic E-state index is -1.61. The molecule has 7 heteroatoms. The van der Waals surface area contributed by atoms with Crippen LogP contribution >= 0.6 is 0 Å². The van der Waals surface area contributed by atoms with Crippen LogP contribution in [0.25, 0.3) is 0 Å². The lowest BCUT2D eigenvalue weighted by Crippen LogP contribution is -2.42. The van der Waals surface area contributed by atoms with E-state index in [1.54, 1.807) is 24.3 Å². The first-order chi connectivity index (χ1) is 12.5. The van der Waals surface area contributed by atoms with E-state index in [4.69, 9.17) is 0 Å². The summed E-state index contributed by atoms with van der Waals surface area (Å²) in [7, 11) is -1.61. The lowest BCUT2D eigenvalue weighted by Gasteiger charge is -2.34. The molecule has 0 spiro atoms. The maximum Gasteiger partial charge on any atom is 0.488 e. The molecule has 1 aliphatic heterocycles. The summed E-state index contributed by atoms with van der Waals surface area (Å²) in [6.45, 7) is 0. The number of benzene rings is 2. The molecule has 4 nitrogen and oxygen atoms in total. The highest BCUT2D eigenvalue weighted by atomic mass is 19.2. The van der Waals surface area contributed by atoms with Crippen molar-refractivity contribution in [2.24, 2.45) is 5.92 Å². The van der Waals surface area contributed by atoms with Crippen molar-refractivity contribution in [2.45, 2.75) is 31.1 Å². The second-order valence-corrected chi connectivity index (χ2v) is 7.02. The molecular weight excluding hydrogens is 339 g/mol. The first-order valence-electron chi connectivity index (χ1n) is 8.72. The highest BCUT2D eigenvalue weighted by molar-refractivity contribution is 6.58. The number of hydrogen-bond donors (Lipinski definition) is 3. The molecular formula is C19H18BF2NO3. The summed E-state index contributed by atoms with van der Waals surface area (Å²) in [6, 6.07) is 8.97. The number of anilines is 1. The molecule has 0 saturated heterocycles. The highest BCUT2D eigenvalue weighted by Gasteiger charge is 2.54. The number of hydrogen-bond acceptors (Lipinski definition) is 3. The Kier molecular flexibility index (Phi) is 4.08. The quantitative estimate of drug-likeness (QED) is 0.737. The molecule has 1 saturated carbocycles. The van der Waals surface area contributed by atoms with Gasteiger partial charge in [-0.25, -0.2) is 8.78 Å². The van der Waals surface area contributed by atoms with Gasteiger partial charge in [0.2, 0.25) is 5.91 Å². The zero-order chi connectivity index (χ0) is 18.5. The molecule has 1 heterocycles. The molecule has 1 amide bonds. The molecule has 3 N–H and O–H groups in total. The predicted molar refractivity (Wildman–Crippen MR) is 94.0 cm³/mol. The van der Waals surface area contributed by atoms with Gasteiger partial charge in [-0.1, -0.05) is 43.2 Å². The van der Waals surface area contributed by atoms with Gasteiger partial charge in [-0.3, -0.25) is 4.79 Å². The minimum absolute atomic E-state index is 0.0292. The number of carbonyl (C=O) groups is 1. The normalized spacial score (nSPS) is 22.4. The second kappa shape index (κ2) is 6.18. The van der Waals surface area contributed by atoms with Gasteiger partial charge >= 0.3 is 7.12 Å². The van der Waals surface area contributed by atoms with Gasteiger partial charge in [0.05, 0.1) is 5.69 Å². The summed E-state index contributed by atoms with van der Waals surface area (Å²) in [5, 5.41) is 21.2. The van der Waals surface area contributed by atoms with Crippen LogP contribution in [0.2, 0.25) is 0 Å². The standard InChI is InChI=1S/C19H18BF2NO3/c21-15-10-9-14-17(16(15)22)23-18(24)19(14,11-3-1-2-4-11)12-5-7-13(8-6-12)20(25)26/h5-11,25-26H,1-4H2,(H,23,24)/t19-/m1/s1. The third kappa shape index (κ3) is 2.31. The zero-order valence-corrected chi connectivity index (χ0v) is 14.0. The number of carbonyl (C=O) groups excluding carboxylic acids is 1.